The molecular formula is C14H18N2O3. The fraction of sp³-hybridized carbons (Fsp3) is 0.429. The minimum Gasteiger partial charge on any atom is -0.495 e. The number of anilines is 1. The second kappa shape index (κ2) is 5.30. The lowest BCUT2D eigenvalue weighted by molar-refractivity contribution is -0.125. The summed E-state index contributed by atoms with van der Waals surface area (Å²) in [7, 11) is 3.16. The Morgan fingerprint density at radius 2 is 2.21 bits per heavy atom. The van der Waals surface area contributed by atoms with Gasteiger partial charge in [-0.15, -0.1) is 0 Å². The molecule has 0 radical (unpaired) electrons. The van der Waals surface area contributed by atoms with Crippen molar-refractivity contribution in [3.8, 4) is 5.75 Å². The number of nitrogens with zero attached hydrogens (tertiary/aromatic N) is 1. The quantitative estimate of drug-likeness (QED) is 0.887. The molecule has 5 nitrogen and oxygen atoms in total. The molecule has 1 atom stereocenters. The molecule has 1 unspecified atom stereocenters. The summed E-state index contributed by atoms with van der Waals surface area (Å²) in [5.74, 6) is 0.221. The predicted octanol–water partition coefficient (Wildman–Crippen LogP) is 1.10. The molecule has 0 bridgehead atoms. The first-order valence-corrected chi connectivity index (χ1v) is 6.23. The fourth-order valence-electron chi connectivity index (χ4n) is 2.33. The van der Waals surface area contributed by atoms with Crippen LogP contribution in [0.2, 0.25) is 0 Å². The summed E-state index contributed by atoms with van der Waals surface area (Å²) >= 11 is 0. The average molecular weight is 262 g/mol. The Hall–Kier alpha value is -2.04. The topological polar surface area (TPSA) is 58.6 Å². The monoisotopic (exact) mass is 262 g/mol. The Morgan fingerprint density at radius 3 is 2.84 bits per heavy atom. The Labute approximate surface area is 112 Å². The van der Waals surface area contributed by atoms with Gasteiger partial charge in [-0.25, -0.2) is 0 Å². The van der Waals surface area contributed by atoms with Crippen LogP contribution in [-0.4, -0.2) is 32.5 Å². The van der Waals surface area contributed by atoms with E-state index in [9.17, 15) is 9.59 Å². The second-order valence-corrected chi connectivity index (χ2v) is 4.69. The molecule has 0 spiro atoms. The van der Waals surface area contributed by atoms with Crippen LogP contribution in [0.15, 0.2) is 18.2 Å². The van der Waals surface area contributed by atoms with Crippen molar-refractivity contribution in [2.24, 2.45) is 5.92 Å². The van der Waals surface area contributed by atoms with Crippen molar-refractivity contribution in [1.82, 2.24) is 5.32 Å². The summed E-state index contributed by atoms with van der Waals surface area (Å²) in [6.07, 6.45) is 0.247. The van der Waals surface area contributed by atoms with Gasteiger partial charge in [-0.1, -0.05) is 6.07 Å². The molecule has 1 aromatic rings. The van der Waals surface area contributed by atoms with Crippen molar-refractivity contribution in [1.29, 1.82) is 0 Å². The molecule has 19 heavy (non-hydrogen) atoms. The maximum Gasteiger partial charge on any atom is 0.227 e. The summed E-state index contributed by atoms with van der Waals surface area (Å²) in [5.41, 5.74) is 1.78. The van der Waals surface area contributed by atoms with E-state index in [1.54, 1.807) is 19.1 Å². The molecule has 0 aliphatic carbocycles. The van der Waals surface area contributed by atoms with Gasteiger partial charge in [-0.3, -0.25) is 9.59 Å². The molecule has 2 amide bonds. The molecule has 1 N–H and O–H groups in total. The van der Waals surface area contributed by atoms with Gasteiger partial charge in [0, 0.05) is 20.0 Å². The maximum atomic E-state index is 12.1. The molecule has 1 heterocycles. The van der Waals surface area contributed by atoms with E-state index < -0.39 is 0 Å². The van der Waals surface area contributed by atoms with E-state index in [0.29, 0.717) is 12.3 Å². The number of carbonyl (C=O) groups is 2. The number of rotatable bonds is 3. The van der Waals surface area contributed by atoms with Gasteiger partial charge in [0.2, 0.25) is 11.8 Å². The van der Waals surface area contributed by atoms with Gasteiger partial charge < -0.3 is 15.0 Å². The number of amides is 2. The van der Waals surface area contributed by atoms with Crippen LogP contribution in [-0.2, 0) is 9.59 Å². The number of benzene rings is 1. The van der Waals surface area contributed by atoms with Gasteiger partial charge in [-0.2, -0.15) is 0 Å². The van der Waals surface area contributed by atoms with Gasteiger partial charge in [0.25, 0.3) is 0 Å². The highest BCUT2D eigenvalue weighted by molar-refractivity contribution is 6.01. The third kappa shape index (κ3) is 2.54. The van der Waals surface area contributed by atoms with Crippen molar-refractivity contribution in [2.45, 2.75) is 13.3 Å². The van der Waals surface area contributed by atoms with Gasteiger partial charge in [-0.05, 0) is 24.6 Å². The normalized spacial score (nSPS) is 18.6. The standard InChI is InChI=1S/C14H18N2O3/c1-9-4-5-12(19-3)11(6-9)16-8-10(7-13(16)17)14(18)15-2/h4-6,10H,7-8H2,1-3H3,(H,15,18). The summed E-state index contributed by atoms with van der Waals surface area (Å²) in [6, 6.07) is 5.67. The molecule has 1 saturated heterocycles. The van der Waals surface area contributed by atoms with Crippen LogP contribution < -0.4 is 15.0 Å². The Balaban J connectivity index is 2.30. The van der Waals surface area contributed by atoms with E-state index in [2.05, 4.69) is 5.32 Å². The predicted molar refractivity (Wildman–Crippen MR) is 72.3 cm³/mol. The lowest BCUT2D eigenvalue weighted by Gasteiger charge is -2.20. The number of aryl methyl sites for hydroxylation is 1. The minimum atomic E-state index is -0.289. The van der Waals surface area contributed by atoms with E-state index in [-0.39, 0.29) is 24.2 Å². The molecule has 1 aliphatic rings. The molecule has 5 heteroatoms. The van der Waals surface area contributed by atoms with Crippen LogP contribution in [0.1, 0.15) is 12.0 Å². The van der Waals surface area contributed by atoms with Crippen molar-refractivity contribution >= 4 is 17.5 Å². The molecule has 1 fully saturated rings. The average Bonchev–Trinajstić information content (AvgIpc) is 2.79. The summed E-state index contributed by atoms with van der Waals surface area (Å²) in [6.45, 7) is 2.36. The van der Waals surface area contributed by atoms with Crippen molar-refractivity contribution < 1.29 is 14.3 Å². The first kappa shape index (κ1) is 13.4. The molecular weight excluding hydrogens is 244 g/mol. The van der Waals surface area contributed by atoms with E-state index in [4.69, 9.17) is 4.74 Å². The van der Waals surface area contributed by atoms with E-state index in [0.717, 1.165) is 11.3 Å². The summed E-state index contributed by atoms with van der Waals surface area (Å²) in [4.78, 5) is 25.3. The fourth-order valence-corrected chi connectivity index (χ4v) is 2.33. The summed E-state index contributed by atoms with van der Waals surface area (Å²) in [5, 5.41) is 2.59. The molecule has 102 valence electrons. The van der Waals surface area contributed by atoms with E-state index in [1.165, 1.54) is 0 Å². The number of nitrogens with one attached hydrogen (secondary N) is 1. The molecule has 1 aliphatic heterocycles. The highest BCUT2D eigenvalue weighted by Gasteiger charge is 2.35. The molecule has 0 saturated carbocycles. The molecule has 0 aromatic heterocycles. The van der Waals surface area contributed by atoms with Crippen molar-refractivity contribution in [2.75, 3.05) is 25.6 Å². The first-order chi connectivity index (χ1) is 9.06. The Kier molecular flexibility index (Phi) is 3.74. The smallest absolute Gasteiger partial charge is 0.227 e. The van der Waals surface area contributed by atoms with E-state index >= 15 is 0 Å². The van der Waals surface area contributed by atoms with Crippen LogP contribution in [0.25, 0.3) is 0 Å². The van der Waals surface area contributed by atoms with Crippen molar-refractivity contribution in [3.63, 3.8) is 0 Å². The number of carbonyl (C=O) groups excluding carboxylic acids is 2. The van der Waals surface area contributed by atoms with Crippen LogP contribution >= 0.6 is 0 Å². The number of hydrogen-bond acceptors (Lipinski definition) is 3. The summed E-state index contributed by atoms with van der Waals surface area (Å²) < 4.78 is 5.29. The third-order valence-electron chi connectivity index (χ3n) is 3.37. The van der Waals surface area contributed by atoms with Gasteiger partial charge in [0.15, 0.2) is 0 Å². The third-order valence-corrected chi connectivity index (χ3v) is 3.37. The van der Waals surface area contributed by atoms with Gasteiger partial charge in [0.1, 0.15) is 5.75 Å². The maximum absolute atomic E-state index is 12.1. The first-order valence-electron chi connectivity index (χ1n) is 6.23. The Morgan fingerprint density at radius 1 is 1.47 bits per heavy atom. The largest absolute Gasteiger partial charge is 0.495 e. The number of hydrogen-bond donors (Lipinski definition) is 1. The highest BCUT2D eigenvalue weighted by Crippen LogP contribution is 2.33. The van der Waals surface area contributed by atoms with Crippen LogP contribution in [0.4, 0.5) is 5.69 Å². The zero-order valence-corrected chi connectivity index (χ0v) is 11.4. The minimum absolute atomic E-state index is 0.0440. The van der Waals surface area contributed by atoms with Gasteiger partial charge >= 0.3 is 0 Å². The van der Waals surface area contributed by atoms with Gasteiger partial charge in [0.05, 0.1) is 18.7 Å². The second-order valence-electron chi connectivity index (χ2n) is 4.69. The lowest BCUT2D eigenvalue weighted by Crippen LogP contribution is -2.30. The lowest BCUT2D eigenvalue weighted by atomic mass is 10.1. The van der Waals surface area contributed by atoms with Crippen LogP contribution in [0.3, 0.4) is 0 Å². The zero-order valence-electron chi connectivity index (χ0n) is 11.4. The zero-order chi connectivity index (χ0) is 14.0. The molecule has 1 aromatic carbocycles. The Bertz CT molecular complexity index is 513. The van der Waals surface area contributed by atoms with Crippen LogP contribution in [0.5, 0.6) is 5.75 Å². The van der Waals surface area contributed by atoms with Crippen LogP contribution in [0, 0.1) is 12.8 Å². The number of ether oxygens (including phenoxy) is 1. The number of methoxy groups -OCH3 is 1. The van der Waals surface area contributed by atoms with E-state index in [1.807, 2.05) is 25.1 Å². The highest BCUT2D eigenvalue weighted by atomic mass is 16.5. The SMILES string of the molecule is CNC(=O)C1CC(=O)N(c2cc(C)ccc2OC)C1. The van der Waals surface area contributed by atoms with Crippen molar-refractivity contribution in [3.05, 3.63) is 23.8 Å². The molecule has 2 rings (SSSR count).